The molecule has 0 fully saturated rings. The molecule has 88 valence electrons. The molecular formula is C12H12N2O3. The van der Waals surface area contributed by atoms with Gasteiger partial charge in [0.1, 0.15) is 5.82 Å². The van der Waals surface area contributed by atoms with Gasteiger partial charge in [-0.3, -0.25) is 0 Å². The number of nitrogens with zero attached hydrogens (tertiary/aromatic N) is 1. The van der Waals surface area contributed by atoms with E-state index >= 15 is 0 Å². The van der Waals surface area contributed by atoms with Gasteiger partial charge >= 0.3 is 0 Å². The first-order valence-electron chi connectivity index (χ1n) is 5.33. The summed E-state index contributed by atoms with van der Waals surface area (Å²) in [5, 5.41) is 13.2. The van der Waals surface area contributed by atoms with E-state index in [0.29, 0.717) is 11.6 Å². The zero-order valence-corrected chi connectivity index (χ0v) is 9.36. The highest BCUT2D eigenvalue weighted by Gasteiger charge is 2.15. The summed E-state index contributed by atoms with van der Waals surface area (Å²) in [5.41, 5.74) is 1.58. The Morgan fingerprint density at radius 1 is 1.29 bits per heavy atom. The third-order valence-corrected chi connectivity index (χ3v) is 2.80. The van der Waals surface area contributed by atoms with E-state index in [2.05, 4.69) is 10.3 Å². The number of fused-ring (bicyclic) bond motifs is 2. The molecule has 3 rings (SSSR count). The summed E-state index contributed by atoms with van der Waals surface area (Å²) < 4.78 is 10.6. The van der Waals surface area contributed by atoms with Crippen LogP contribution in [0.3, 0.4) is 0 Å². The predicted octanol–water partition coefficient (Wildman–Crippen LogP) is 1.50. The highest BCUT2D eigenvalue weighted by molar-refractivity contribution is 5.85. The first-order chi connectivity index (χ1) is 8.31. The first kappa shape index (κ1) is 10.2. The van der Waals surface area contributed by atoms with Crippen LogP contribution in [0.15, 0.2) is 18.2 Å². The maximum Gasteiger partial charge on any atom is 0.231 e. The van der Waals surface area contributed by atoms with E-state index in [1.807, 2.05) is 18.2 Å². The Morgan fingerprint density at radius 3 is 2.76 bits per heavy atom. The fourth-order valence-corrected chi connectivity index (χ4v) is 1.94. The van der Waals surface area contributed by atoms with E-state index < -0.39 is 0 Å². The Labute approximate surface area is 98.0 Å². The second kappa shape index (κ2) is 3.78. The summed E-state index contributed by atoms with van der Waals surface area (Å²) in [6, 6.07) is 5.62. The van der Waals surface area contributed by atoms with Gasteiger partial charge in [0.2, 0.25) is 6.79 Å². The third-order valence-electron chi connectivity index (χ3n) is 2.80. The number of hydrogen-bond donors (Lipinski definition) is 2. The van der Waals surface area contributed by atoms with Gasteiger partial charge in [-0.2, -0.15) is 0 Å². The van der Waals surface area contributed by atoms with Crippen molar-refractivity contribution in [3.05, 3.63) is 23.8 Å². The molecule has 1 aliphatic heterocycles. The number of aliphatic hydroxyl groups excluding tert-OH is 1. The summed E-state index contributed by atoms with van der Waals surface area (Å²) in [4.78, 5) is 4.44. The summed E-state index contributed by atoms with van der Waals surface area (Å²) in [6.45, 7) is 0.199. The summed E-state index contributed by atoms with van der Waals surface area (Å²) >= 11 is 0. The van der Waals surface area contributed by atoms with E-state index in [-0.39, 0.29) is 13.4 Å². The van der Waals surface area contributed by atoms with E-state index in [1.54, 1.807) is 7.05 Å². The molecule has 2 aromatic rings. The summed E-state index contributed by atoms with van der Waals surface area (Å²) in [5.74, 6) is 2.11. The fourth-order valence-electron chi connectivity index (χ4n) is 1.94. The maximum absolute atomic E-state index is 9.27. The van der Waals surface area contributed by atoms with Gasteiger partial charge in [0.05, 0.1) is 12.1 Å². The predicted molar refractivity (Wildman–Crippen MR) is 63.3 cm³/mol. The molecule has 0 aliphatic carbocycles. The van der Waals surface area contributed by atoms with Crippen LogP contribution in [0.25, 0.3) is 10.9 Å². The molecule has 1 aromatic heterocycles. The molecule has 2 N–H and O–H groups in total. The maximum atomic E-state index is 9.27. The highest BCUT2D eigenvalue weighted by Crippen LogP contribution is 2.36. The molecule has 5 nitrogen and oxygen atoms in total. The van der Waals surface area contributed by atoms with Crippen LogP contribution in [0.2, 0.25) is 0 Å². The van der Waals surface area contributed by atoms with Gasteiger partial charge in [0.15, 0.2) is 11.5 Å². The molecule has 1 aromatic carbocycles. The molecule has 0 saturated heterocycles. The van der Waals surface area contributed by atoms with Gasteiger partial charge in [-0.1, -0.05) is 0 Å². The third kappa shape index (κ3) is 1.55. The molecule has 0 saturated carbocycles. The number of anilines is 1. The van der Waals surface area contributed by atoms with Crippen molar-refractivity contribution in [3.8, 4) is 11.5 Å². The molecule has 0 unspecified atom stereocenters. The van der Waals surface area contributed by atoms with Crippen LogP contribution < -0.4 is 14.8 Å². The van der Waals surface area contributed by atoms with Crippen molar-refractivity contribution in [2.24, 2.45) is 0 Å². The van der Waals surface area contributed by atoms with Gasteiger partial charge in [0, 0.05) is 24.1 Å². The van der Waals surface area contributed by atoms with Crippen LogP contribution in [-0.4, -0.2) is 23.9 Å². The summed E-state index contributed by atoms with van der Waals surface area (Å²) in [6.07, 6.45) is 0. The minimum absolute atomic E-state index is 0.0481. The Bertz CT molecular complexity index is 533. The van der Waals surface area contributed by atoms with Crippen molar-refractivity contribution in [3.63, 3.8) is 0 Å². The first-order valence-corrected chi connectivity index (χ1v) is 5.33. The number of benzene rings is 1. The molecule has 5 heteroatoms. The number of aliphatic hydroxyl groups is 1. The number of ether oxygens (including phenoxy) is 2. The summed E-state index contributed by atoms with van der Waals surface area (Å²) in [7, 11) is 1.78. The minimum atomic E-state index is -0.0481. The normalized spacial score (nSPS) is 13.1. The van der Waals surface area contributed by atoms with Crippen LogP contribution in [0, 0.1) is 0 Å². The van der Waals surface area contributed by atoms with Crippen LogP contribution in [0.1, 0.15) is 5.56 Å². The highest BCUT2D eigenvalue weighted by atomic mass is 16.7. The van der Waals surface area contributed by atoms with Crippen LogP contribution in [0.4, 0.5) is 5.82 Å². The molecule has 2 heterocycles. The van der Waals surface area contributed by atoms with Crippen molar-refractivity contribution in [1.29, 1.82) is 0 Å². The van der Waals surface area contributed by atoms with Crippen molar-refractivity contribution < 1.29 is 14.6 Å². The lowest BCUT2D eigenvalue weighted by Crippen LogP contribution is -1.99. The average Bonchev–Trinajstić information content (AvgIpc) is 2.81. The number of aromatic nitrogens is 1. The lowest BCUT2D eigenvalue weighted by Gasteiger charge is -2.08. The van der Waals surface area contributed by atoms with E-state index in [9.17, 15) is 5.11 Å². The second-order valence-electron chi connectivity index (χ2n) is 3.80. The lowest BCUT2D eigenvalue weighted by atomic mass is 10.1. The minimum Gasteiger partial charge on any atom is -0.454 e. The fraction of sp³-hybridized carbons (Fsp3) is 0.250. The lowest BCUT2D eigenvalue weighted by molar-refractivity contribution is 0.174. The Morgan fingerprint density at radius 2 is 2.06 bits per heavy atom. The SMILES string of the molecule is CNc1nc2cc3c(cc2cc1CO)OCO3. The number of hydrogen-bond acceptors (Lipinski definition) is 5. The van der Waals surface area contributed by atoms with Gasteiger partial charge in [0.25, 0.3) is 0 Å². The second-order valence-corrected chi connectivity index (χ2v) is 3.80. The Hall–Kier alpha value is -2.01. The molecule has 0 bridgehead atoms. The standard InChI is InChI=1S/C12H12N2O3/c1-13-12-8(5-15)2-7-3-10-11(17-6-16-10)4-9(7)14-12/h2-4,15H,5-6H2,1H3,(H,13,14). The van der Waals surface area contributed by atoms with E-state index in [4.69, 9.17) is 9.47 Å². The van der Waals surface area contributed by atoms with Crippen molar-refractivity contribution in [2.75, 3.05) is 19.2 Å². The number of rotatable bonds is 2. The van der Waals surface area contributed by atoms with Crippen LogP contribution in [-0.2, 0) is 6.61 Å². The monoisotopic (exact) mass is 232 g/mol. The van der Waals surface area contributed by atoms with Gasteiger partial charge in [-0.25, -0.2) is 4.98 Å². The smallest absolute Gasteiger partial charge is 0.231 e. The van der Waals surface area contributed by atoms with Gasteiger partial charge in [-0.15, -0.1) is 0 Å². The molecule has 0 spiro atoms. The Balaban J connectivity index is 2.25. The van der Waals surface area contributed by atoms with Crippen molar-refractivity contribution >= 4 is 16.7 Å². The number of nitrogens with one attached hydrogen (secondary N) is 1. The quantitative estimate of drug-likeness (QED) is 0.821. The zero-order chi connectivity index (χ0) is 11.8. The largest absolute Gasteiger partial charge is 0.454 e. The van der Waals surface area contributed by atoms with Gasteiger partial charge in [-0.05, 0) is 12.1 Å². The van der Waals surface area contributed by atoms with E-state index in [1.165, 1.54) is 0 Å². The molecule has 17 heavy (non-hydrogen) atoms. The van der Waals surface area contributed by atoms with E-state index in [0.717, 1.165) is 22.2 Å². The molecule has 0 amide bonds. The van der Waals surface area contributed by atoms with Crippen LogP contribution in [0.5, 0.6) is 11.5 Å². The molecule has 0 atom stereocenters. The zero-order valence-electron chi connectivity index (χ0n) is 9.36. The van der Waals surface area contributed by atoms with Crippen LogP contribution >= 0.6 is 0 Å². The van der Waals surface area contributed by atoms with Gasteiger partial charge < -0.3 is 19.9 Å². The number of pyridine rings is 1. The topological polar surface area (TPSA) is 63.6 Å². The molecular weight excluding hydrogens is 220 g/mol. The molecule has 1 aliphatic rings. The Kier molecular flexibility index (Phi) is 2.26. The van der Waals surface area contributed by atoms with Crippen molar-refractivity contribution in [2.45, 2.75) is 6.61 Å². The molecule has 0 radical (unpaired) electrons. The average molecular weight is 232 g/mol. The van der Waals surface area contributed by atoms with Crippen molar-refractivity contribution in [1.82, 2.24) is 4.98 Å².